The van der Waals surface area contributed by atoms with Crippen molar-refractivity contribution in [1.82, 2.24) is 0 Å². The predicted octanol–water partition coefficient (Wildman–Crippen LogP) is 3.36. The van der Waals surface area contributed by atoms with E-state index in [2.05, 4.69) is 22.8 Å². The number of nitrogens with one attached hydrogen (secondary N) is 2. The number of hydrogen-bond acceptors (Lipinski definition) is 3. The second-order valence-corrected chi connectivity index (χ2v) is 4.55. The van der Waals surface area contributed by atoms with Gasteiger partial charge in [-0.3, -0.25) is 0 Å². The summed E-state index contributed by atoms with van der Waals surface area (Å²) in [7, 11) is 0. The lowest BCUT2D eigenvalue weighted by atomic mass is 10.0. The molecule has 0 bridgehead atoms. The predicted molar refractivity (Wildman–Crippen MR) is 74.0 cm³/mol. The first-order valence-electron chi connectivity index (χ1n) is 6.21. The van der Waals surface area contributed by atoms with Crippen molar-refractivity contribution < 1.29 is 5.11 Å². The van der Waals surface area contributed by atoms with E-state index in [0.29, 0.717) is 5.75 Å². The van der Waals surface area contributed by atoms with Gasteiger partial charge in [0.15, 0.2) is 0 Å². The van der Waals surface area contributed by atoms with E-state index >= 15 is 0 Å². The SMILES string of the molecule is Oc1cccc([C@@H]2CCNc3ccccc3N2)c1. The molecule has 0 saturated heterocycles. The summed E-state index contributed by atoms with van der Waals surface area (Å²) in [6.45, 7) is 0.921. The van der Waals surface area contributed by atoms with Gasteiger partial charge in [0.1, 0.15) is 5.75 Å². The lowest BCUT2D eigenvalue weighted by molar-refractivity contribution is 0.474. The maximum Gasteiger partial charge on any atom is 0.115 e. The number of phenolic OH excluding ortho intramolecular Hbond substituents is 1. The molecule has 3 nitrogen and oxygen atoms in total. The van der Waals surface area contributed by atoms with Crippen LogP contribution in [0.3, 0.4) is 0 Å². The molecule has 3 rings (SSSR count). The number of para-hydroxylation sites is 2. The molecule has 0 aliphatic carbocycles. The first kappa shape index (κ1) is 11.0. The summed E-state index contributed by atoms with van der Waals surface area (Å²) in [5.74, 6) is 0.319. The van der Waals surface area contributed by atoms with Crippen LogP contribution >= 0.6 is 0 Å². The summed E-state index contributed by atoms with van der Waals surface area (Å²) in [6, 6.07) is 15.9. The van der Waals surface area contributed by atoms with Gasteiger partial charge in [-0.25, -0.2) is 0 Å². The molecular formula is C15H16N2O. The number of anilines is 2. The van der Waals surface area contributed by atoms with Crippen molar-refractivity contribution in [3.8, 4) is 5.75 Å². The standard InChI is InChI=1S/C15H16N2O/c18-12-5-3-4-11(10-12)13-8-9-16-14-6-1-2-7-15(14)17-13/h1-7,10,13,16-18H,8-9H2/t13-/m0/s1. The molecule has 0 amide bonds. The highest BCUT2D eigenvalue weighted by atomic mass is 16.3. The number of aromatic hydroxyl groups is 1. The van der Waals surface area contributed by atoms with Gasteiger partial charge in [-0.05, 0) is 36.2 Å². The van der Waals surface area contributed by atoms with E-state index in [0.717, 1.165) is 29.9 Å². The van der Waals surface area contributed by atoms with Crippen molar-refractivity contribution in [3.05, 3.63) is 54.1 Å². The zero-order chi connectivity index (χ0) is 12.4. The lowest BCUT2D eigenvalue weighted by Gasteiger charge is -2.18. The van der Waals surface area contributed by atoms with Gasteiger partial charge in [0.25, 0.3) is 0 Å². The van der Waals surface area contributed by atoms with Crippen LogP contribution in [0.4, 0.5) is 11.4 Å². The number of fused-ring (bicyclic) bond motifs is 1. The van der Waals surface area contributed by atoms with Gasteiger partial charge in [-0.2, -0.15) is 0 Å². The second kappa shape index (κ2) is 4.61. The highest BCUT2D eigenvalue weighted by Crippen LogP contribution is 2.31. The number of benzene rings is 2. The fourth-order valence-corrected chi connectivity index (χ4v) is 2.37. The fourth-order valence-electron chi connectivity index (χ4n) is 2.37. The lowest BCUT2D eigenvalue weighted by Crippen LogP contribution is -2.10. The smallest absolute Gasteiger partial charge is 0.115 e. The molecule has 0 radical (unpaired) electrons. The summed E-state index contributed by atoms with van der Waals surface area (Å²) in [5.41, 5.74) is 3.37. The Kier molecular flexibility index (Phi) is 2.81. The molecule has 0 aromatic heterocycles. The topological polar surface area (TPSA) is 44.3 Å². The number of phenols is 1. The Morgan fingerprint density at radius 2 is 1.83 bits per heavy atom. The van der Waals surface area contributed by atoms with Crippen LogP contribution in [0, 0.1) is 0 Å². The largest absolute Gasteiger partial charge is 0.508 e. The molecule has 3 heteroatoms. The maximum absolute atomic E-state index is 9.57. The van der Waals surface area contributed by atoms with Crippen LogP contribution in [0.5, 0.6) is 5.75 Å². The summed E-state index contributed by atoms with van der Waals surface area (Å²) in [6.07, 6.45) is 0.984. The van der Waals surface area contributed by atoms with Crippen molar-refractivity contribution in [1.29, 1.82) is 0 Å². The van der Waals surface area contributed by atoms with Gasteiger partial charge in [0.05, 0.1) is 17.4 Å². The highest BCUT2D eigenvalue weighted by Gasteiger charge is 2.16. The quantitative estimate of drug-likeness (QED) is 0.716. The summed E-state index contributed by atoms with van der Waals surface area (Å²) >= 11 is 0. The van der Waals surface area contributed by atoms with Crippen molar-refractivity contribution in [2.75, 3.05) is 17.2 Å². The Labute approximate surface area is 106 Å². The molecule has 3 N–H and O–H groups in total. The zero-order valence-corrected chi connectivity index (χ0v) is 10.1. The van der Waals surface area contributed by atoms with Gasteiger partial charge in [0.2, 0.25) is 0 Å². The Balaban J connectivity index is 1.91. The number of rotatable bonds is 1. The van der Waals surface area contributed by atoms with Gasteiger partial charge in [0, 0.05) is 6.54 Å². The van der Waals surface area contributed by atoms with Gasteiger partial charge >= 0.3 is 0 Å². The highest BCUT2D eigenvalue weighted by molar-refractivity contribution is 5.70. The van der Waals surface area contributed by atoms with Crippen LogP contribution in [0.25, 0.3) is 0 Å². The van der Waals surface area contributed by atoms with E-state index in [-0.39, 0.29) is 6.04 Å². The molecule has 1 aliphatic rings. The average molecular weight is 240 g/mol. The van der Waals surface area contributed by atoms with E-state index in [1.807, 2.05) is 30.3 Å². The third kappa shape index (κ3) is 2.12. The molecule has 2 aromatic carbocycles. The van der Waals surface area contributed by atoms with Crippen molar-refractivity contribution in [2.45, 2.75) is 12.5 Å². The third-order valence-corrected chi connectivity index (χ3v) is 3.28. The molecule has 1 aliphatic heterocycles. The molecule has 92 valence electrons. The van der Waals surface area contributed by atoms with Crippen molar-refractivity contribution in [2.24, 2.45) is 0 Å². The minimum atomic E-state index is 0.230. The minimum Gasteiger partial charge on any atom is -0.508 e. The molecule has 1 atom stereocenters. The summed E-state index contributed by atoms with van der Waals surface area (Å²) in [5, 5.41) is 16.5. The first-order valence-corrected chi connectivity index (χ1v) is 6.21. The molecule has 1 heterocycles. The summed E-state index contributed by atoms with van der Waals surface area (Å²) < 4.78 is 0. The maximum atomic E-state index is 9.57. The molecular weight excluding hydrogens is 224 g/mol. The Bertz CT molecular complexity index is 554. The van der Waals surface area contributed by atoms with Crippen LogP contribution in [0.1, 0.15) is 18.0 Å². The first-order chi connectivity index (χ1) is 8.83. The summed E-state index contributed by atoms with van der Waals surface area (Å²) in [4.78, 5) is 0. The van der Waals surface area contributed by atoms with E-state index in [1.165, 1.54) is 0 Å². The van der Waals surface area contributed by atoms with E-state index in [1.54, 1.807) is 6.07 Å². The molecule has 0 saturated carbocycles. The Hall–Kier alpha value is -2.16. The third-order valence-electron chi connectivity index (χ3n) is 3.28. The molecule has 0 unspecified atom stereocenters. The van der Waals surface area contributed by atoms with E-state index in [4.69, 9.17) is 0 Å². The fraction of sp³-hybridized carbons (Fsp3) is 0.200. The van der Waals surface area contributed by atoms with Crippen LogP contribution in [0.2, 0.25) is 0 Å². The van der Waals surface area contributed by atoms with Crippen LogP contribution < -0.4 is 10.6 Å². The second-order valence-electron chi connectivity index (χ2n) is 4.55. The Morgan fingerprint density at radius 3 is 2.67 bits per heavy atom. The molecule has 2 aromatic rings. The van der Waals surface area contributed by atoms with E-state index in [9.17, 15) is 5.11 Å². The normalized spacial score (nSPS) is 18.1. The number of hydrogen-bond donors (Lipinski definition) is 3. The molecule has 0 fully saturated rings. The Morgan fingerprint density at radius 1 is 1.00 bits per heavy atom. The van der Waals surface area contributed by atoms with Crippen LogP contribution in [-0.4, -0.2) is 11.7 Å². The van der Waals surface area contributed by atoms with Crippen molar-refractivity contribution in [3.63, 3.8) is 0 Å². The van der Waals surface area contributed by atoms with Gasteiger partial charge in [-0.1, -0.05) is 24.3 Å². The average Bonchev–Trinajstić information content (AvgIpc) is 2.60. The monoisotopic (exact) mass is 240 g/mol. The molecule has 18 heavy (non-hydrogen) atoms. The minimum absolute atomic E-state index is 0.230. The van der Waals surface area contributed by atoms with Crippen LogP contribution in [-0.2, 0) is 0 Å². The van der Waals surface area contributed by atoms with Crippen LogP contribution in [0.15, 0.2) is 48.5 Å². The van der Waals surface area contributed by atoms with Crippen molar-refractivity contribution >= 4 is 11.4 Å². The van der Waals surface area contributed by atoms with E-state index < -0.39 is 0 Å². The zero-order valence-electron chi connectivity index (χ0n) is 10.1. The molecule has 0 spiro atoms. The van der Waals surface area contributed by atoms with Gasteiger partial charge < -0.3 is 15.7 Å². The van der Waals surface area contributed by atoms with Gasteiger partial charge in [-0.15, -0.1) is 0 Å².